The molecule has 0 fully saturated rings. The van der Waals surface area contributed by atoms with Gasteiger partial charge in [0.15, 0.2) is 0 Å². The van der Waals surface area contributed by atoms with Crippen molar-refractivity contribution in [1.29, 1.82) is 0 Å². The van der Waals surface area contributed by atoms with Crippen molar-refractivity contribution in [2.75, 3.05) is 19.8 Å². The summed E-state index contributed by atoms with van der Waals surface area (Å²) >= 11 is 0. The lowest BCUT2D eigenvalue weighted by atomic mass is 10.3. The molecule has 1 unspecified atom stereocenters. The van der Waals surface area contributed by atoms with Crippen LogP contribution >= 0.6 is 0 Å². The molecule has 3 nitrogen and oxygen atoms in total. The van der Waals surface area contributed by atoms with E-state index in [4.69, 9.17) is 5.11 Å². The Morgan fingerprint density at radius 3 is 2.50 bits per heavy atom. The van der Waals surface area contributed by atoms with Crippen LogP contribution in [-0.2, 0) is 0 Å². The molecule has 62 valence electrons. The van der Waals surface area contributed by atoms with Crippen LogP contribution in [-0.4, -0.2) is 31.0 Å². The van der Waals surface area contributed by atoms with Gasteiger partial charge >= 0.3 is 0 Å². The molecule has 10 heavy (non-hydrogen) atoms. The van der Waals surface area contributed by atoms with E-state index in [0.29, 0.717) is 6.54 Å². The highest BCUT2D eigenvalue weighted by Gasteiger charge is 1.96. The van der Waals surface area contributed by atoms with Gasteiger partial charge in [-0.15, -0.1) is 0 Å². The molecule has 0 spiro atoms. The first-order valence-corrected chi connectivity index (χ1v) is 3.90. The van der Waals surface area contributed by atoms with Crippen LogP contribution in [0.15, 0.2) is 0 Å². The molecule has 0 amide bonds. The van der Waals surface area contributed by atoms with Crippen LogP contribution in [0.1, 0.15) is 20.3 Å². The number of nitrogens with one attached hydrogen (secondary N) is 2. The first-order valence-electron chi connectivity index (χ1n) is 3.90. The van der Waals surface area contributed by atoms with Crippen LogP contribution in [0.2, 0.25) is 0 Å². The number of aliphatic hydroxyl groups excluding tert-OH is 1. The van der Waals surface area contributed by atoms with Crippen molar-refractivity contribution in [2.24, 2.45) is 0 Å². The summed E-state index contributed by atoms with van der Waals surface area (Å²) in [5.74, 6) is 0. The highest BCUT2D eigenvalue weighted by Crippen LogP contribution is 1.84. The van der Waals surface area contributed by atoms with E-state index in [1.807, 2.05) is 6.92 Å². The standard InChI is InChI=1S/C7H18N2O/c1-3-7(10)5-9-6-8-4-2/h7-10H,3-6H2,1-2H3. The van der Waals surface area contributed by atoms with Crippen LogP contribution in [0.5, 0.6) is 0 Å². The molecule has 3 heteroatoms. The maximum atomic E-state index is 9.07. The topological polar surface area (TPSA) is 44.3 Å². The van der Waals surface area contributed by atoms with Gasteiger partial charge in [0.25, 0.3) is 0 Å². The van der Waals surface area contributed by atoms with Crippen molar-refractivity contribution in [2.45, 2.75) is 26.4 Å². The average molecular weight is 146 g/mol. The Bertz CT molecular complexity index is 68.6. The monoisotopic (exact) mass is 146 g/mol. The first kappa shape index (κ1) is 9.88. The molecular formula is C7H18N2O. The van der Waals surface area contributed by atoms with E-state index in [-0.39, 0.29) is 6.10 Å². The molecule has 0 saturated heterocycles. The third-order valence-corrected chi connectivity index (χ3v) is 1.35. The highest BCUT2D eigenvalue weighted by atomic mass is 16.3. The summed E-state index contributed by atoms with van der Waals surface area (Å²) in [5.41, 5.74) is 0. The summed E-state index contributed by atoms with van der Waals surface area (Å²) in [4.78, 5) is 0. The van der Waals surface area contributed by atoms with Gasteiger partial charge < -0.3 is 15.7 Å². The molecule has 0 aliphatic rings. The van der Waals surface area contributed by atoms with Gasteiger partial charge in [0.2, 0.25) is 0 Å². The lowest BCUT2D eigenvalue weighted by Crippen LogP contribution is -2.34. The molecule has 0 radical (unpaired) electrons. The fourth-order valence-corrected chi connectivity index (χ4v) is 0.597. The minimum Gasteiger partial charge on any atom is -0.392 e. The predicted octanol–water partition coefficient (Wildman–Crippen LogP) is -0.0861. The lowest BCUT2D eigenvalue weighted by Gasteiger charge is -2.08. The normalized spacial score (nSPS) is 13.5. The van der Waals surface area contributed by atoms with E-state index >= 15 is 0 Å². The smallest absolute Gasteiger partial charge is 0.0662 e. The second kappa shape index (κ2) is 6.99. The Balaban J connectivity index is 2.89. The molecule has 0 rings (SSSR count). The van der Waals surface area contributed by atoms with Gasteiger partial charge in [0.1, 0.15) is 0 Å². The van der Waals surface area contributed by atoms with Crippen molar-refractivity contribution in [3.8, 4) is 0 Å². The molecule has 0 aromatic heterocycles. The Kier molecular flexibility index (Phi) is 6.91. The van der Waals surface area contributed by atoms with Crippen molar-refractivity contribution >= 4 is 0 Å². The van der Waals surface area contributed by atoms with Crippen LogP contribution < -0.4 is 10.6 Å². The molecule has 3 N–H and O–H groups in total. The van der Waals surface area contributed by atoms with Gasteiger partial charge in [-0.1, -0.05) is 13.8 Å². The number of hydrogen-bond acceptors (Lipinski definition) is 3. The third-order valence-electron chi connectivity index (χ3n) is 1.35. The molecular weight excluding hydrogens is 128 g/mol. The quantitative estimate of drug-likeness (QED) is 0.362. The summed E-state index contributed by atoms with van der Waals surface area (Å²) in [6.07, 6.45) is 0.623. The minimum atomic E-state index is -0.196. The zero-order chi connectivity index (χ0) is 7.82. The maximum absolute atomic E-state index is 9.07. The summed E-state index contributed by atoms with van der Waals surface area (Å²) in [7, 11) is 0. The second-order valence-electron chi connectivity index (χ2n) is 2.30. The van der Waals surface area contributed by atoms with Gasteiger partial charge in [-0.3, -0.25) is 0 Å². The summed E-state index contributed by atoms with van der Waals surface area (Å²) < 4.78 is 0. The van der Waals surface area contributed by atoms with Crippen LogP contribution in [0, 0.1) is 0 Å². The number of hydrogen-bond donors (Lipinski definition) is 3. The van der Waals surface area contributed by atoms with Gasteiger partial charge in [0, 0.05) is 13.2 Å². The molecule has 1 atom stereocenters. The average Bonchev–Trinajstić information content (AvgIpc) is 1.98. The van der Waals surface area contributed by atoms with Crippen molar-refractivity contribution in [1.82, 2.24) is 10.6 Å². The van der Waals surface area contributed by atoms with Crippen molar-refractivity contribution in [3.63, 3.8) is 0 Å². The summed E-state index contributed by atoms with van der Waals surface area (Å²) in [5, 5.41) is 15.2. The molecule has 0 heterocycles. The third kappa shape index (κ3) is 6.01. The molecule has 0 aliphatic carbocycles. The summed E-state index contributed by atoms with van der Waals surface area (Å²) in [6.45, 7) is 6.46. The van der Waals surface area contributed by atoms with E-state index in [1.165, 1.54) is 0 Å². The summed E-state index contributed by atoms with van der Waals surface area (Å²) in [6, 6.07) is 0. The van der Waals surface area contributed by atoms with E-state index in [9.17, 15) is 0 Å². The molecule has 0 aromatic rings. The van der Waals surface area contributed by atoms with Crippen LogP contribution in [0.4, 0.5) is 0 Å². The Hall–Kier alpha value is -0.120. The van der Waals surface area contributed by atoms with E-state index < -0.39 is 0 Å². The van der Waals surface area contributed by atoms with Gasteiger partial charge in [0.05, 0.1) is 6.10 Å². The van der Waals surface area contributed by atoms with Crippen molar-refractivity contribution in [3.05, 3.63) is 0 Å². The second-order valence-corrected chi connectivity index (χ2v) is 2.30. The fraction of sp³-hybridized carbons (Fsp3) is 1.00. The van der Waals surface area contributed by atoms with Crippen molar-refractivity contribution < 1.29 is 5.11 Å². The first-order chi connectivity index (χ1) is 4.81. The minimum absolute atomic E-state index is 0.196. The Morgan fingerprint density at radius 2 is 2.00 bits per heavy atom. The number of rotatable bonds is 6. The zero-order valence-corrected chi connectivity index (χ0v) is 6.85. The van der Waals surface area contributed by atoms with Gasteiger partial charge in [-0.2, -0.15) is 0 Å². The Labute approximate surface area is 62.8 Å². The maximum Gasteiger partial charge on any atom is 0.0662 e. The van der Waals surface area contributed by atoms with Gasteiger partial charge in [-0.25, -0.2) is 0 Å². The number of aliphatic hydroxyl groups is 1. The molecule has 0 aromatic carbocycles. The molecule has 0 aliphatic heterocycles. The lowest BCUT2D eigenvalue weighted by molar-refractivity contribution is 0.167. The highest BCUT2D eigenvalue weighted by molar-refractivity contribution is 4.54. The van der Waals surface area contributed by atoms with Crippen LogP contribution in [0.3, 0.4) is 0 Å². The van der Waals surface area contributed by atoms with E-state index in [2.05, 4.69) is 17.6 Å². The van der Waals surface area contributed by atoms with Crippen LogP contribution in [0.25, 0.3) is 0 Å². The zero-order valence-electron chi connectivity index (χ0n) is 6.85. The predicted molar refractivity (Wildman–Crippen MR) is 42.8 cm³/mol. The largest absolute Gasteiger partial charge is 0.392 e. The molecule has 0 saturated carbocycles. The fourth-order valence-electron chi connectivity index (χ4n) is 0.597. The van der Waals surface area contributed by atoms with E-state index in [1.54, 1.807) is 0 Å². The van der Waals surface area contributed by atoms with Gasteiger partial charge in [-0.05, 0) is 13.0 Å². The Morgan fingerprint density at radius 1 is 1.30 bits per heavy atom. The van der Waals surface area contributed by atoms with E-state index in [0.717, 1.165) is 19.6 Å². The SMILES string of the molecule is CCNCNCC(O)CC. The molecule has 0 bridgehead atoms.